The van der Waals surface area contributed by atoms with Crippen LogP contribution in [0.4, 0.5) is 0 Å². The Balaban J connectivity index is 2.88. The van der Waals surface area contributed by atoms with E-state index in [2.05, 4.69) is 74.5 Å². The van der Waals surface area contributed by atoms with Crippen molar-refractivity contribution < 1.29 is 23.9 Å². The molecular formula is C35H56O5. The average molecular weight is 557 g/mol. The highest BCUT2D eigenvalue weighted by molar-refractivity contribution is 6.18. The summed E-state index contributed by atoms with van der Waals surface area (Å²) in [4.78, 5) is 39.4. The Hall–Kier alpha value is -2.43. The molecule has 5 heteroatoms. The zero-order valence-corrected chi connectivity index (χ0v) is 26.9. The number of hydrogen-bond donors (Lipinski definition) is 0. The van der Waals surface area contributed by atoms with Crippen LogP contribution in [0.3, 0.4) is 0 Å². The minimum atomic E-state index is -1.59. The molecule has 0 saturated carbocycles. The fraction of sp³-hybridized carbons (Fsp3) is 0.686. The molecule has 0 bridgehead atoms. The van der Waals surface area contributed by atoms with Gasteiger partial charge in [-0.1, -0.05) is 62.6 Å². The van der Waals surface area contributed by atoms with Crippen molar-refractivity contribution in [3.05, 3.63) is 46.6 Å². The maximum absolute atomic E-state index is 13.3. The second-order valence-corrected chi connectivity index (χ2v) is 12.9. The molecule has 0 aromatic rings. The van der Waals surface area contributed by atoms with E-state index in [9.17, 15) is 14.4 Å². The second kappa shape index (κ2) is 18.1. The second-order valence-electron chi connectivity index (χ2n) is 12.9. The first-order valence-electron chi connectivity index (χ1n) is 15.3. The summed E-state index contributed by atoms with van der Waals surface area (Å²) in [5.74, 6) is -3.08. The van der Waals surface area contributed by atoms with E-state index in [0.29, 0.717) is 24.7 Å². The van der Waals surface area contributed by atoms with Gasteiger partial charge in [-0.05, 0) is 121 Å². The van der Waals surface area contributed by atoms with Gasteiger partial charge in [0, 0.05) is 0 Å². The van der Waals surface area contributed by atoms with E-state index in [1.54, 1.807) is 6.08 Å². The lowest BCUT2D eigenvalue weighted by Crippen LogP contribution is -2.34. The molecule has 0 amide bonds. The molecule has 0 aromatic carbocycles. The van der Waals surface area contributed by atoms with Crippen LogP contribution in [0.25, 0.3) is 0 Å². The van der Waals surface area contributed by atoms with Gasteiger partial charge in [0.25, 0.3) is 0 Å². The molecule has 0 radical (unpaired) electrons. The van der Waals surface area contributed by atoms with E-state index < -0.39 is 23.6 Å². The Kier molecular flexibility index (Phi) is 16.1. The molecule has 1 aliphatic carbocycles. The summed E-state index contributed by atoms with van der Waals surface area (Å²) in [7, 11) is 0. The molecule has 2 atom stereocenters. The summed E-state index contributed by atoms with van der Waals surface area (Å²) in [5, 5.41) is 0. The van der Waals surface area contributed by atoms with Gasteiger partial charge >= 0.3 is 11.9 Å². The molecule has 0 aromatic heterocycles. The number of esters is 2. The normalized spacial score (nSPS) is 17.1. The maximum Gasteiger partial charge on any atom is 0.328 e. The molecule has 5 nitrogen and oxygen atoms in total. The standard InChI is InChI=1S/C35H56O5/c1-25(2)13-10-15-27(5)20-23-39-33(37)32(34(38)40-24-21-28(6)16-11-14-26(3)4)31(36)19-18-30-29(7)17-12-22-35(30,8)9/h13-14,18-19,27-28,32H,10-12,15-17,20-24H2,1-9H3/b19-18+. The Labute approximate surface area is 244 Å². The molecule has 0 N–H and O–H groups in total. The SMILES string of the molecule is CC(C)=CCCC(C)CCOC(=O)C(C(=O)/C=C/C1=C(C)CCCC1(C)C)C(=O)OCCC(C)CCC=C(C)C. The van der Waals surface area contributed by atoms with Gasteiger partial charge in [0.15, 0.2) is 5.78 Å². The number of ether oxygens (including phenoxy) is 2. The van der Waals surface area contributed by atoms with Crippen LogP contribution in [0.15, 0.2) is 46.6 Å². The topological polar surface area (TPSA) is 69.7 Å². The van der Waals surface area contributed by atoms with Crippen molar-refractivity contribution in [1.29, 1.82) is 0 Å². The lowest BCUT2D eigenvalue weighted by atomic mass is 9.72. The molecule has 1 aliphatic rings. The number of hydrogen-bond acceptors (Lipinski definition) is 5. The zero-order valence-electron chi connectivity index (χ0n) is 26.9. The fourth-order valence-electron chi connectivity index (χ4n) is 5.09. The van der Waals surface area contributed by atoms with Crippen molar-refractivity contribution in [3.63, 3.8) is 0 Å². The largest absolute Gasteiger partial charge is 0.465 e. The van der Waals surface area contributed by atoms with E-state index in [0.717, 1.165) is 50.5 Å². The Morgan fingerprint density at radius 2 is 1.30 bits per heavy atom. The number of rotatable bonds is 17. The third kappa shape index (κ3) is 13.8. The molecule has 40 heavy (non-hydrogen) atoms. The van der Waals surface area contributed by atoms with Crippen LogP contribution >= 0.6 is 0 Å². The van der Waals surface area contributed by atoms with Crippen LogP contribution in [-0.2, 0) is 23.9 Å². The van der Waals surface area contributed by atoms with Crippen LogP contribution in [0.1, 0.15) is 120 Å². The van der Waals surface area contributed by atoms with E-state index in [-0.39, 0.29) is 18.6 Å². The average Bonchev–Trinajstić information content (AvgIpc) is 2.83. The van der Waals surface area contributed by atoms with Crippen LogP contribution < -0.4 is 0 Å². The number of carbonyl (C=O) groups excluding carboxylic acids is 3. The number of allylic oxidation sites excluding steroid dienone is 8. The molecule has 0 fully saturated rings. The van der Waals surface area contributed by atoms with Gasteiger partial charge in [0.1, 0.15) is 0 Å². The summed E-state index contributed by atoms with van der Waals surface area (Å²) in [6.45, 7) is 19.3. The van der Waals surface area contributed by atoms with E-state index in [1.807, 2.05) is 0 Å². The Morgan fingerprint density at radius 3 is 1.73 bits per heavy atom. The smallest absolute Gasteiger partial charge is 0.328 e. The van der Waals surface area contributed by atoms with Gasteiger partial charge in [-0.3, -0.25) is 14.4 Å². The maximum atomic E-state index is 13.3. The third-order valence-corrected chi connectivity index (χ3v) is 7.85. The molecule has 0 heterocycles. The predicted molar refractivity (Wildman–Crippen MR) is 165 cm³/mol. The quantitative estimate of drug-likeness (QED) is 0.0774. The van der Waals surface area contributed by atoms with Gasteiger partial charge in [0.2, 0.25) is 5.92 Å². The molecule has 0 saturated heterocycles. The minimum absolute atomic E-state index is 0.0566. The van der Waals surface area contributed by atoms with Crippen molar-refractivity contribution in [3.8, 4) is 0 Å². The van der Waals surface area contributed by atoms with E-state index >= 15 is 0 Å². The summed E-state index contributed by atoms with van der Waals surface area (Å²) in [6, 6.07) is 0. The molecule has 0 aliphatic heterocycles. The first-order chi connectivity index (χ1) is 18.7. The lowest BCUT2D eigenvalue weighted by molar-refractivity contribution is -0.164. The molecule has 226 valence electrons. The summed E-state index contributed by atoms with van der Waals surface area (Å²) in [5.41, 5.74) is 4.86. The van der Waals surface area contributed by atoms with Crippen LogP contribution in [0.2, 0.25) is 0 Å². The highest BCUT2D eigenvalue weighted by Crippen LogP contribution is 2.40. The van der Waals surface area contributed by atoms with Crippen LogP contribution in [0, 0.1) is 23.2 Å². The van der Waals surface area contributed by atoms with Crippen LogP contribution in [-0.4, -0.2) is 30.9 Å². The Morgan fingerprint density at radius 1 is 0.825 bits per heavy atom. The monoisotopic (exact) mass is 556 g/mol. The van der Waals surface area contributed by atoms with Gasteiger partial charge in [0.05, 0.1) is 13.2 Å². The molecule has 0 spiro atoms. The third-order valence-electron chi connectivity index (χ3n) is 7.85. The number of carbonyl (C=O) groups is 3. The van der Waals surface area contributed by atoms with E-state index in [1.165, 1.54) is 22.8 Å². The van der Waals surface area contributed by atoms with Crippen molar-refractivity contribution in [2.45, 2.75) is 120 Å². The fourth-order valence-corrected chi connectivity index (χ4v) is 5.09. The first-order valence-corrected chi connectivity index (χ1v) is 15.3. The van der Waals surface area contributed by atoms with Gasteiger partial charge < -0.3 is 9.47 Å². The van der Waals surface area contributed by atoms with Crippen molar-refractivity contribution in [2.24, 2.45) is 23.2 Å². The molecule has 1 rings (SSSR count). The highest BCUT2D eigenvalue weighted by atomic mass is 16.6. The number of ketones is 1. The highest BCUT2D eigenvalue weighted by Gasteiger charge is 2.36. The van der Waals surface area contributed by atoms with Gasteiger partial charge in [-0.25, -0.2) is 0 Å². The lowest BCUT2D eigenvalue weighted by Gasteiger charge is -2.32. The van der Waals surface area contributed by atoms with Gasteiger partial charge in [-0.2, -0.15) is 0 Å². The molecular weight excluding hydrogens is 500 g/mol. The summed E-state index contributed by atoms with van der Waals surface area (Å²) in [6.07, 6.45) is 16.0. The van der Waals surface area contributed by atoms with Crippen LogP contribution in [0.5, 0.6) is 0 Å². The minimum Gasteiger partial charge on any atom is -0.465 e. The van der Waals surface area contributed by atoms with Crippen molar-refractivity contribution in [1.82, 2.24) is 0 Å². The molecule has 2 unspecified atom stereocenters. The van der Waals surface area contributed by atoms with Crippen molar-refractivity contribution in [2.75, 3.05) is 13.2 Å². The van der Waals surface area contributed by atoms with E-state index in [4.69, 9.17) is 9.47 Å². The van der Waals surface area contributed by atoms with Crippen molar-refractivity contribution >= 4 is 17.7 Å². The summed E-state index contributed by atoms with van der Waals surface area (Å²) < 4.78 is 10.9. The first kappa shape index (κ1) is 35.6. The Bertz CT molecular complexity index is 908. The zero-order chi connectivity index (χ0) is 30.3. The summed E-state index contributed by atoms with van der Waals surface area (Å²) >= 11 is 0. The predicted octanol–water partition coefficient (Wildman–Crippen LogP) is 8.89. The van der Waals surface area contributed by atoms with Gasteiger partial charge in [-0.15, -0.1) is 0 Å².